The summed E-state index contributed by atoms with van der Waals surface area (Å²) in [5.74, 6) is -2.72. The first-order chi connectivity index (χ1) is 15.2. The third-order valence-corrected chi connectivity index (χ3v) is 5.19. The summed E-state index contributed by atoms with van der Waals surface area (Å²) in [4.78, 5) is 21.9. The van der Waals surface area contributed by atoms with Crippen LogP contribution in [-0.2, 0) is 18.3 Å². The fraction of sp³-hybridized carbons (Fsp3) is 0.278. The maximum atomic E-state index is 14.3. The summed E-state index contributed by atoms with van der Waals surface area (Å²) < 4.78 is 145. The minimum absolute atomic E-state index is 0.202. The van der Waals surface area contributed by atoms with E-state index < -0.39 is 85.6 Å². The summed E-state index contributed by atoms with van der Waals surface area (Å²) in [5, 5.41) is 10.8. The van der Waals surface area contributed by atoms with Crippen LogP contribution in [0, 0.1) is 15.9 Å². The van der Waals surface area contributed by atoms with Crippen molar-refractivity contribution in [1.29, 1.82) is 0 Å². The number of benzene rings is 2. The molecule has 0 fully saturated rings. The molecule has 16 heteroatoms. The Hall–Kier alpha value is -2.78. The summed E-state index contributed by atoms with van der Waals surface area (Å²) in [6.07, 6.45) is -20.4. The highest BCUT2D eigenvalue weighted by atomic mass is 79.9. The molecule has 0 bridgehead atoms. The molecule has 0 saturated carbocycles. The summed E-state index contributed by atoms with van der Waals surface area (Å²) in [7, 11) is 0. The zero-order chi connectivity index (χ0) is 26.4. The van der Waals surface area contributed by atoms with Gasteiger partial charge in [0, 0.05) is 28.1 Å². The molecule has 0 atom stereocenters. The molecule has 0 aliphatic heterocycles. The Bertz CT molecular complexity index is 1130. The minimum Gasteiger partial charge on any atom is -0.294 e. The Morgan fingerprint density at radius 2 is 1.44 bits per heavy atom. The minimum atomic E-state index is -6.70. The normalized spacial score (nSPS) is 13.2. The van der Waals surface area contributed by atoms with Crippen molar-refractivity contribution in [3.05, 3.63) is 73.0 Å². The molecule has 0 aliphatic carbocycles. The summed E-state index contributed by atoms with van der Waals surface area (Å²) >= 11 is 2.34. The third kappa shape index (κ3) is 5.00. The molecule has 0 aliphatic rings. The molecule has 4 nitrogen and oxygen atoms in total. The van der Waals surface area contributed by atoms with E-state index >= 15 is 0 Å². The summed E-state index contributed by atoms with van der Waals surface area (Å²) in [6.45, 7) is 0. The second kappa shape index (κ2) is 8.78. The van der Waals surface area contributed by atoms with E-state index in [0.717, 1.165) is 0 Å². The van der Waals surface area contributed by atoms with Crippen LogP contribution in [0.5, 0.6) is 0 Å². The lowest BCUT2D eigenvalue weighted by Gasteiger charge is -2.31. The summed E-state index contributed by atoms with van der Waals surface area (Å²) in [6, 6.07) is 0.582. The average molecular weight is 574 g/mol. The molecule has 0 radical (unpaired) electrons. The third-order valence-electron chi connectivity index (χ3n) is 4.48. The van der Waals surface area contributed by atoms with Crippen molar-refractivity contribution < 1.29 is 58.0 Å². The average Bonchev–Trinajstić information content (AvgIpc) is 2.65. The number of alkyl halides is 10. The zero-order valence-corrected chi connectivity index (χ0v) is 17.4. The smallest absolute Gasteiger partial charge is 0.294 e. The van der Waals surface area contributed by atoms with E-state index in [1.807, 2.05) is 0 Å². The van der Waals surface area contributed by atoms with E-state index in [2.05, 4.69) is 15.9 Å². The molecule has 2 aromatic carbocycles. The number of carbonyl (C=O) groups is 1. The van der Waals surface area contributed by atoms with E-state index in [0.29, 0.717) is 18.2 Å². The highest BCUT2D eigenvalue weighted by molar-refractivity contribution is 9.10. The number of nitrogens with zero attached hydrogens (tertiary/aromatic N) is 1. The highest BCUT2D eigenvalue weighted by Crippen LogP contribution is 2.54. The van der Waals surface area contributed by atoms with E-state index in [4.69, 9.17) is 0 Å². The second-order valence-electron chi connectivity index (χ2n) is 6.66. The first kappa shape index (κ1) is 27.5. The molecule has 2 rings (SSSR count). The van der Waals surface area contributed by atoms with Gasteiger partial charge >= 0.3 is 29.9 Å². The molecular weight excluding hydrogens is 567 g/mol. The van der Waals surface area contributed by atoms with Gasteiger partial charge in [-0.25, -0.2) is 4.39 Å². The standard InChI is InChI=1S/C18H7BrF11NO3/c19-11-5-8(15(21,17(25,26)27)18(28,29)30)4-10(16(22,23)24)9(11)6-14(32)7-1-2-12(20)13(3-7)31(33)34/h1-5H,6H2. The van der Waals surface area contributed by atoms with Crippen LogP contribution in [0.1, 0.15) is 27.0 Å². The van der Waals surface area contributed by atoms with Crippen LogP contribution in [0.15, 0.2) is 34.8 Å². The van der Waals surface area contributed by atoms with Crippen molar-refractivity contribution in [3.8, 4) is 0 Å². The van der Waals surface area contributed by atoms with E-state index in [-0.39, 0.29) is 6.07 Å². The van der Waals surface area contributed by atoms with Crippen LogP contribution in [0.25, 0.3) is 0 Å². The van der Waals surface area contributed by atoms with Gasteiger partial charge in [-0.3, -0.25) is 14.9 Å². The fourth-order valence-electron chi connectivity index (χ4n) is 2.84. The lowest BCUT2D eigenvalue weighted by molar-refractivity contribution is -0.387. The molecule has 0 amide bonds. The van der Waals surface area contributed by atoms with Crippen molar-refractivity contribution in [2.75, 3.05) is 0 Å². The van der Waals surface area contributed by atoms with Crippen LogP contribution in [0.3, 0.4) is 0 Å². The Morgan fingerprint density at radius 1 is 0.912 bits per heavy atom. The number of Topliss-reactive ketones (excluding diaryl/α,β-unsaturated/α-hetero) is 1. The van der Waals surface area contributed by atoms with Crippen molar-refractivity contribution >= 4 is 27.4 Å². The Morgan fingerprint density at radius 3 is 1.88 bits per heavy atom. The van der Waals surface area contributed by atoms with Crippen molar-refractivity contribution in [3.63, 3.8) is 0 Å². The molecule has 0 aromatic heterocycles. The molecular formula is C18H7BrF11NO3. The zero-order valence-electron chi connectivity index (χ0n) is 15.8. The topological polar surface area (TPSA) is 60.2 Å². The second-order valence-corrected chi connectivity index (χ2v) is 7.51. The molecule has 2 aromatic rings. The van der Waals surface area contributed by atoms with E-state index in [9.17, 15) is 63.2 Å². The largest absolute Gasteiger partial charge is 0.435 e. The van der Waals surface area contributed by atoms with Crippen LogP contribution in [-0.4, -0.2) is 23.1 Å². The molecule has 0 N–H and O–H groups in total. The van der Waals surface area contributed by atoms with Crippen molar-refractivity contribution in [2.45, 2.75) is 30.6 Å². The van der Waals surface area contributed by atoms with Crippen LogP contribution in [0.2, 0.25) is 0 Å². The van der Waals surface area contributed by atoms with Gasteiger partial charge in [-0.1, -0.05) is 15.9 Å². The van der Waals surface area contributed by atoms with Gasteiger partial charge < -0.3 is 0 Å². The highest BCUT2D eigenvalue weighted by Gasteiger charge is 2.73. The Kier molecular flexibility index (Phi) is 7.09. The van der Waals surface area contributed by atoms with Gasteiger partial charge in [-0.15, -0.1) is 0 Å². The van der Waals surface area contributed by atoms with E-state index in [1.54, 1.807) is 0 Å². The lowest BCUT2D eigenvalue weighted by atomic mass is 9.89. The first-order valence-corrected chi connectivity index (χ1v) is 9.20. The summed E-state index contributed by atoms with van der Waals surface area (Å²) in [5.41, 5.74) is -13.9. The van der Waals surface area contributed by atoms with Gasteiger partial charge in [0.2, 0.25) is 5.82 Å². The van der Waals surface area contributed by atoms with Gasteiger partial charge in [-0.2, -0.15) is 43.9 Å². The lowest BCUT2D eigenvalue weighted by Crippen LogP contribution is -2.50. The van der Waals surface area contributed by atoms with Gasteiger partial charge in [0.25, 0.3) is 0 Å². The monoisotopic (exact) mass is 573 g/mol. The molecule has 0 spiro atoms. The molecule has 186 valence electrons. The van der Waals surface area contributed by atoms with Crippen molar-refractivity contribution in [1.82, 2.24) is 0 Å². The molecule has 0 unspecified atom stereocenters. The SMILES string of the molecule is O=C(Cc1c(Br)cc(C(F)(C(F)(F)F)C(F)(F)F)cc1C(F)(F)F)c1ccc(F)c([N+](=O)[O-])c1. The number of nitro benzene ring substituents is 1. The number of halogens is 12. The van der Waals surface area contributed by atoms with Crippen LogP contribution in [0.4, 0.5) is 54.0 Å². The first-order valence-electron chi connectivity index (χ1n) is 8.41. The van der Waals surface area contributed by atoms with Crippen molar-refractivity contribution in [2.24, 2.45) is 0 Å². The molecule has 0 heterocycles. The van der Waals surface area contributed by atoms with Gasteiger partial charge in [0.05, 0.1) is 10.5 Å². The molecule has 34 heavy (non-hydrogen) atoms. The van der Waals surface area contributed by atoms with Crippen LogP contribution < -0.4 is 0 Å². The van der Waals surface area contributed by atoms with Crippen LogP contribution >= 0.6 is 15.9 Å². The number of hydrogen-bond donors (Lipinski definition) is 0. The Labute approximate surface area is 189 Å². The predicted molar refractivity (Wildman–Crippen MR) is 95.1 cm³/mol. The molecule has 0 saturated heterocycles. The Balaban J connectivity index is 2.69. The number of rotatable bonds is 5. The fourth-order valence-corrected chi connectivity index (χ4v) is 3.45. The maximum Gasteiger partial charge on any atom is 0.435 e. The quantitative estimate of drug-likeness (QED) is 0.164. The van der Waals surface area contributed by atoms with Gasteiger partial charge in [0.1, 0.15) is 0 Å². The number of hydrogen-bond acceptors (Lipinski definition) is 3. The predicted octanol–water partition coefficient (Wildman–Crippen LogP) is 7.23. The number of nitro groups is 1. The van der Waals surface area contributed by atoms with Gasteiger partial charge in [0.15, 0.2) is 5.78 Å². The maximum absolute atomic E-state index is 14.3. The number of ketones is 1. The van der Waals surface area contributed by atoms with E-state index in [1.165, 1.54) is 0 Å². The van der Waals surface area contributed by atoms with Gasteiger partial charge in [-0.05, 0) is 29.8 Å². The number of carbonyl (C=O) groups excluding carboxylic acids is 1.